The van der Waals surface area contributed by atoms with Gasteiger partial charge in [0.2, 0.25) is 5.91 Å². The van der Waals surface area contributed by atoms with Crippen molar-refractivity contribution in [1.29, 1.82) is 0 Å². The molecule has 0 saturated heterocycles. The van der Waals surface area contributed by atoms with Crippen LogP contribution >= 0.6 is 22.9 Å². The molecule has 0 aliphatic rings. The van der Waals surface area contributed by atoms with Crippen LogP contribution in [0.1, 0.15) is 13.8 Å². The molecule has 0 aromatic carbocycles. The van der Waals surface area contributed by atoms with Crippen molar-refractivity contribution in [1.82, 2.24) is 4.98 Å². The number of nitrogens with zero attached hydrogens (tertiary/aromatic N) is 1. The summed E-state index contributed by atoms with van der Waals surface area (Å²) in [5.74, 6) is -0.263. The van der Waals surface area contributed by atoms with E-state index in [9.17, 15) is 4.79 Å². The smallest absolute Gasteiger partial charge is 0.240 e. The Morgan fingerprint density at radius 3 is 2.71 bits per heavy atom. The molecule has 0 spiro atoms. The highest BCUT2D eigenvalue weighted by Gasteiger charge is 2.20. The van der Waals surface area contributed by atoms with Gasteiger partial charge in [0, 0.05) is 0 Å². The minimum absolute atomic E-state index is 0.121. The lowest BCUT2D eigenvalue weighted by atomic mass is 10.0. The maximum absolute atomic E-state index is 11.1. The Morgan fingerprint density at radius 1 is 1.71 bits per heavy atom. The summed E-state index contributed by atoms with van der Waals surface area (Å²) >= 11 is 6.99. The Bertz CT molecular complexity index is 326. The van der Waals surface area contributed by atoms with E-state index in [-0.39, 0.29) is 11.8 Å². The molecule has 0 bridgehead atoms. The van der Waals surface area contributed by atoms with Crippen LogP contribution in [0, 0.1) is 5.92 Å². The molecule has 4 nitrogen and oxygen atoms in total. The summed E-state index contributed by atoms with van der Waals surface area (Å²) in [6.45, 7) is 3.83. The predicted molar refractivity (Wildman–Crippen MR) is 58.6 cm³/mol. The number of nitrogens with one attached hydrogen (secondary N) is 1. The molecule has 14 heavy (non-hydrogen) atoms. The van der Waals surface area contributed by atoms with E-state index in [1.165, 1.54) is 17.5 Å². The second-order valence-corrected chi connectivity index (χ2v) is 4.90. The molecule has 78 valence electrons. The van der Waals surface area contributed by atoms with Gasteiger partial charge in [0.25, 0.3) is 0 Å². The van der Waals surface area contributed by atoms with Crippen molar-refractivity contribution < 1.29 is 4.79 Å². The van der Waals surface area contributed by atoms with Crippen LogP contribution in [0.5, 0.6) is 0 Å². The summed E-state index contributed by atoms with van der Waals surface area (Å²) in [6, 6.07) is -0.405. The number of aromatic nitrogens is 1. The molecule has 1 unspecified atom stereocenters. The van der Waals surface area contributed by atoms with Crippen molar-refractivity contribution in [3.63, 3.8) is 0 Å². The predicted octanol–water partition coefficient (Wildman–Crippen LogP) is 1.72. The fourth-order valence-electron chi connectivity index (χ4n) is 1.02. The van der Waals surface area contributed by atoms with Crippen molar-refractivity contribution in [2.24, 2.45) is 11.7 Å². The SMILES string of the molecule is CC(C)C(Nc1ncc(Cl)s1)C(N)=O. The minimum Gasteiger partial charge on any atom is -0.368 e. The highest BCUT2D eigenvalue weighted by atomic mass is 35.5. The minimum atomic E-state index is -0.405. The van der Waals surface area contributed by atoms with Crippen LogP contribution in [0.3, 0.4) is 0 Å². The van der Waals surface area contributed by atoms with Crippen LogP contribution in [0.25, 0.3) is 0 Å². The summed E-state index contributed by atoms with van der Waals surface area (Å²) in [5, 5.41) is 3.57. The molecule has 1 aromatic heterocycles. The largest absolute Gasteiger partial charge is 0.368 e. The third-order valence-corrected chi connectivity index (χ3v) is 2.78. The van der Waals surface area contributed by atoms with Crippen molar-refractivity contribution in [3.8, 4) is 0 Å². The van der Waals surface area contributed by atoms with Crippen LogP contribution < -0.4 is 11.1 Å². The molecule has 1 aromatic rings. The molecule has 0 radical (unpaired) electrons. The molecule has 0 aliphatic carbocycles. The Hall–Kier alpha value is -0.810. The quantitative estimate of drug-likeness (QED) is 0.832. The van der Waals surface area contributed by atoms with E-state index in [1.54, 1.807) is 0 Å². The fraction of sp³-hybridized carbons (Fsp3) is 0.500. The molecule has 1 atom stereocenters. The van der Waals surface area contributed by atoms with Gasteiger partial charge in [-0.2, -0.15) is 0 Å². The number of thiazole rings is 1. The number of primary amides is 1. The number of hydrogen-bond donors (Lipinski definition) is 2. The van der Waals surface area contributed by atoms with E-state index >= 15 is 0 Å². The summed E-state index contributed by atoms with van der Waals surface area (Å²) in [5.41, 5.74) is 5.23. The van der Waals surface area contributed by atoms with Gasteiger partial charge in [-0.1, -0.05) is 36.8 Å². The molecule has 3 N–H and O–H groups in total. The molecule has 1 amide bonds. The van der Waals surface area contributed by atoms with Gasteiger partial charge in [-0.25, -0.2) is 4.98 Å². The van der Waals surface area contributed by atoms with Crippen LogP contribution in [-0.2, 0) is 4.79 Å². The first-order valence-corrected chi connectivity index (χ1v) is 5.37. The summed E-state index contributed by atoms with van der Waals surface area (Å²) in [7, 11) is 0. The first-order chi connectivity index (χ1) is 6.50. The molecule has 1 heterocycles. The first-order valence-electron chi connectivity index (χ1n) is 4.18. The number of amides is 1. The monoisotopic (exact) mass is 233 g/mol. The lowest BCUT2D eigenvalue weighted by Gasteiger charge is -2.17. The average Bonchev–Trinajstić information content (AvgIpc) is 2.46. The zero-order valence-corrected chi connectivity index (χ0v) is 9.52. The summed E-state index contributed by atoms with van der Waals surface area (Å²) in [4.78, 5) is 15.0. The molecule has 0 fully saturated rings. The van der Waals surface area contributed by atoms with Gasteiger partial charge in [-0.05, 0) is 5.92 Å². The van der Waals surface area contributed by atoms with Gasteiger partial charge in [-0.3, -0.25) is 4.79 Å². The van der Waals surface area contributed by atoms with Crippen molar-refractivity contribution in [3.05, 3.63) is 10.5 Å². The molecule has 1 rings (SSSR count). The maximum atomic E-state index is 11.1. The molecule has 6 heteroatoms. The molecule has 0 saturated carbocycles. The number of nitrogens with two attached hydrogens (primary N) is 1. The van der Waals surface area contributed by atoms with Crippen LogP contribution in [-0.4, -0.2) is 16.9 Å². The first kappa shape index (κ1) is 11.3. The van der Waals surface area contributed by atoms with Crippen molar-refractivity contribution in [2.45, 2.75) is 19.9 Å². The molecular weight excluding hydrogens is 222 g/mol. The van der Waals surface area contributed by atoms with Gasteiger partial charge in [0.15, 0.2) is 5.13 Å². The third kappa shape index (κ3) is 2.85. The van der Waals surface area contributed by atoms with Gasteiger partial charge >= 0.3 is 0 Å². The number of halogens is 1. The lowest BCUT2D eigenvalue weighted by molar-refractivity contribution is -0.119. The average molecular weight is 234 g/mol. The van der Waals surface area contributed by atoms with Crippen LogP contribution in [0.15, 0.2) is 6.20 Å². The van der Waals surface area contributed by atoms with E-state index < -0.39 is 6.04 Å². The number of carbonyl (C=O) groups excluding carboxylic acids is 1. The Labute approximate surface area is 91.5 Å². The number of anilines is 1. The zero-order chi connectivity index (χ0) is 10.7. The maximum Gasteiger partial charge on any atom is 0.240 e. The highest BCUT2D eigenvalue weighted by Crippen LogP contribution is 2.23. The third-order valence-electron chi connectivity index (χ3n) is 1.73. The van der Waals surface area contributed by atoms with E-state index in [0.717, 1.165) is 0 Å². The number of rotatable bonds is 4. The van der Waals surface area contributed by atoms with Crippen LogP contribution in [0.4, 0.5) is 5.13 Å². The number of hydrogen-bond acceptors (Lipinski definition) is 4. The van der Waals surface area contributed by atoms with E-state index in [1.807, 2.05) is 13.8 Å². The number of carbonyl (C=O) groups is 1. The second-order valence-electron chi connectivity index (χ2n) is 3.24. The summed E-state index contributed by atoms with van der Waals surface area (Å²) < 4.78 is 0.583. The Balaban J connectivity index is 2.69. The zero-order valence-electron chi connectivity index (χ0n) is 7.95. The highest BCUT2D eigenvalue weighted by molar-refractivity contribution is 7.19. The van der Waals surface area contributed by atoms with Gasteiger partial charge in [-0.15, -0.1) is 0 Å². The lowest BCUT2D eigenvalue weighted by Crippen LogP contribution is -2.39. The van der Waals surface area contributed by atoms with Gasteiger partial charge in [0.05, 0.1) is 6.20 Å². The Kier molecular flexibility index (Phi) is 3.71. The second kappa shape index (κ2) is 4.61. The molecular formula is C8H12ClN3OS. The van der Waals surface area contributed by atoms with Crippen molar-refractivity contribution in [2.75, 3.05) is 5.32 Å². The standard InChI is InChI=1S/C8H12ClN3OS/c1-4(2)6(7(10)13)12-8-11-3-5(9)14-8/h3-4,6H,1-2H3,(H2,10,13)(H,11,12). The normalized spacial score (nSPS) is 12.9. The van der Waals surface area contributed by atoms with Gasteiger partial charge in [0.1, 0.15) is 10.4 Å². The topological polar surface area (TPSA) is 68.0 Å². The van der Waals surface area contributed by atoms with E-state index in [2.05, 4.69) is 10.3 Å². The van der Waals surface area contributed by atoms with Crippen LogP contribution in [0.2, 0.25) is 4.34 Å². The van der Waals surface area contributed by atoms with E-state index in [4.69, 9.17) is 17.3 Å². The Morgan fingerprint density at radius 2 is 2.36 bits per heavy atom. The fourth-order valence-corrected chi connectivity index (χ4v) is 1.87. The molecule has 0 aliphatic heterocycles. The van der Waals surface area contributed by atoms with Gasteiger partial charge < -0.3 is 11.1 Å². The van der Waals surface area contributed by atoms with Crippen molar-refractivity contribution >= 4 is 34.0 Å². The summed E-state index contributed by atoms with van der Waals surface area (Å²) in [6.07, 6.45) is 1.53. The van der Waals surface area contributed by atoms with E-state index in [0.29, 0.717) is 9.47 Å².